The third-order valence-electron chi connectivity index (χ3n) is 8.37. The normalized spacial score (nSPS) is 29.2. The first-order valence-corrected chi connectivity index (χ1v) is 12.3. The van der Waals surface area contributed by atoms with E-state index in [0.29, 0.717) is 58.7 Å². The maximum absolute atomic E-state index is 13.4. The number of carbonyl (C=O) groups excluding carboxylic acids is 1. The smallest absolute Gasteiger partial charge is 0.310 e. The Morgan fingerprint density at radius 1 is 0.892 bits per heavy atom. The Labute approximate surface area is 213 Å². The van der Waals surface area contributed by atoms with Gasteiger partial charge in [0.15, 0.2) is 23.0 Å². The largest absolute Gasteiger partial charge is 0.493 e. The van der Waals surface area contributed by atoms with Crippen LogP contribution in [0.5, 0.6) is 28.7 Å². The summed E-state index contributed by atoms with van der Waals surface area (Å²) >= 11 is 0. The van der Waals surface area contributed by atoms with E-state index in [-0.39, 0.29) is 26.2 Å². The molecule has 0 spiro atoms. The number of benzene rings is 2. The fraction of sp³-hybridized carbons (Fsp3) is 0.519. The molecule has 2 aromatic carbocycles. The van der Waals surface area contributed by atoms with Gasteiger partial charge in [-0.15, -0.1) is 0 Å². The van der Waals surface area contributed by atoms with E-state index in [0.717, 1.165) is 0 Å². The van der Waals surface area contributed by atoms with E-state index < -0.39 is 34.9 Å². The molecule has 2 fully saturated rings. The highest BCUT2D eigenvalue weighted by Crippen LogP contribution is 2.61. The third-order valence-corrected chi connectivity index (χ3v) is 8.37. The first-order valence-electron chi connectivity index (χ1n) is 12.3. The molecule has 2 N–H and O–H groups in total. The second kappa shape index (κ2) is 8.68. The van der Waals surface area contributed by atoms with Crippen molar-refractivity contribution < 1.29 is 48.2 Å². The topological polar surface area (TPSA) is 122 Å². The predicted octanol–water partition coefficient (Wildman–Crippen LogP) is 2.10. The van der Waals surface area contributed by atoms with Gasteiger partial charge in [0.2, 0.25) is 12.5 Å². The van der Waals surface area contributed by atoms with Crippen molar-refractivity contribution in [2.75, 3.05) is 47.9 Å². The summed E-state index contributed by atoms with van der Waals surface area (Å²) in [6.07, 6.45) is 0.424. The number of esters is 1. The molecule has 10 nitrogen and oxygen atoms in total. The third kappa shape index (κ3) is 3.32. The number of ether oxygens (including phenoxy) is 7. The molecule has 2 saturated heterocycles. The standard InChI is InChI=1S/C27H30O10/c1-31-20-8-14(9-21(32-2)24(20)33-3)22-15-10-18-19(37-13-36-18)11-16(15)27(30,17-12-35-25(28)23(17)22)26(29)4-6-34-7-5-26/h8-11,17,22-23,29-30H,4-7,12-13H2,1-3H3/t17-,22+,23-,27-/m0/s1. The number of hydrogen-bond donors (Lipinski definition) is 2. The van der Waals surface area contributed by atoms with E-state index in [9.17, 15) is 15.0 Å². The number of carbonyl (C=O) groups is 1. The Balaban J connectivity index is 1.63. The molecule has 6 rings (SSSR count). The van der Waals surface area contributed by atoms with Gasteiger partial charge in [0.05, 0.1) is 33.9 Å². The van der Waals surface area contributed by atoms with Gasteiger partial charge in [0.1, 0.15) is 11.2 Å². The predicted molar refractivity (Wildman–Crippen MR) is 127 cm³/mol. The molecular formula is C27H30O10. The Morgan fingerprint density at radius 2 is 1.54 bits per heavy atom. The van der Waals surface area contributed by atoms with Crippen LogP contribution in [0.3, 0.4) is 0 Å². The maximum Gasteiger partial charge on any atom is 0.310 e. The summed E-state index contributed by atoms with van der Waals surface area (Å²) in [4.78, 5) is 13.4. The quantitative estimate of drug-likeness (QED) is 0.574. The molecule has 0 aromatic heterocycles. The summed E-state index contributed by atoms with van der Waals surface area (Å²) in [6.45, 7) is 0.596. The van der Waals surface area contributed by atoms with Crippen molar-refractivity contribution in [1.29, 1.82) is 0 Å². The van der Waals surface area contributed by atoms with E-state index in [4.69, 9.17) is 33.2 Å². The van der Waals surface area contributed by atoms with Crippen molar-refractivity contribution in [3.63, 3.8) is 0 Å². The van der Waals surface area contributed by atoms with Gasteiger partial charge in [-0.2, -0.15) is 0 Å². The fourth-order valence-corrected chi connectivity index (χ4v) is 6.58. The number of aliphatic hydroxyl groups is 2. The minimum absolute atomic E-state index is 0.0298. The minimum Gasteiger partial charge on any atom is -0.493 e. The van der Waals surface area contributed by atoms with Gasteiger partial charge in [-0.05, 0) is 41.0 Å². The molecule has 0 unspecified atom stereocenters. The Hall–Kier alpha value is -3.21. The molecule has 3 heterocycles. The van der Waals surface area contributed by atoms with Crippen LogP contribution >= 0.6 is 0 Å². The number of rotatable bonds is 5. The van der Waals surface area contributed by atoms with Crippen LogP contribution in [0.1, 0.15) is 35.4 Å². The van der Waals surface area contributed by atoms with Gasteiger partial charge >= 0.3 is 5.97 Å². The van der Waals surface area contributed by atoms with Gasteiger partial charge in [0.25, 0.3) is 0 Å². The van der Waals surface area contributed by atoms with Crippen molar-refractivity contribution >= 4 is 5.97 Å². The number of cyclic esters (lactones) is 1. The second-order valence-corrected chi connectivity index (χ2v) is 9.90. The average molecular weight is 515 g/mol. The molecule has 4 aliphatic rings. The lowest BCUT2D eigenvalue weighted by Crippen LogP contribution is -2.62. The van der Waals surface area contributed by atoms with E-state index >= 15 is 0 Å². The molecular weight excluding hydrogens is 484 g/mol. The molecule has 10 heteroatoms. The summed E-state index contributed by atoms with van der Waals surface area (Å²) < 4.78 is 39.1. The van der Waals surface area contributed by atoms with Gasteiger partial charge in [-0.3, -0.25) is 4.79 Å². The molecule has 37 heavy (non-hydrogen) atoms. The zero-order valence-corrected chi connectivity index (χ0v) is 20.9. The lowest BCUT2D eigenvalue weighted by Gasteiger charge is -2.53. The highest BCUT2D eigenvalue weighted by Gasteiger charge is 2.66. The van der Waals surface area contributed by atoms with Crippen LogP contribution in [-0.4, -0.2) is 69.7 Å². The summed E-state index contributed by atoms with van der Waals surface area (Å²) in [7, 11) is 4.58. The lowest BCUT2D eigenvalue weighted by molar-refractivity contribution is -0.228. The van der Waals surface area contributed by atoms with Crippen LogP contribution in [0.15, 0.2) is 24.3 Å². The number of fused-ring (bicyclic) bond motifs is 3. The van der Waals surface area contributed by atoms with Crippen LogP contribution < -0.4 is 23.7 Å². The number of methoxy groups -OCH3 is 3. The van der Waals surface area contributed by atoms with Gasteiger partial charge in [-0.1, -0.05) is 0 Å². The zero-order valence-electron chi connectivity index (χ0n) is 20.9. The van der Waals surface area contributed by atoms with E-state index in [1.807, 2.05) is 0 Å². The Morgan fingerprint density at radius 3 is 2.16 bits per heavy atom. The van der Waals surface area contributed by atoms with E-state index in [2.05, 4.69) is 0 Å². The lowest BCUT2D eigenvalue weighted by atomic mass is 9.55. The van der Waals surface area contributed by atoms with Crippen LogP contribution in [0.2, 0.25) is 0 Å². The highest BCUT2D eigenvalue weighted by atomic mass is 16.7. The van der Waals surface area contributed by atoms with Crippen LogP contribution in [0.4, 0.5) is 0 Å². The fourth-order valence-electron chi connectivity index (χ4n) is 6.58. The highest BCUT2D eigenvalue weighted by molar-refractivity contribution is 5.79. The monoisotopic (exact) mass is 514 g/mol. The van der Waals surface area contributed by atoms with E-state index in [1.165, 1.54) is 21.3 Å². The molecule has 3 aliphatic heterocycles. The first-order chi connectivity index (χ1) is 17.9. The molecule has 4 atom stereocenters. The zero-order chi connectivity index (χ0) is 25.9. The van der Waals surface area contributed by atoms with Gasteiger partial charge in [0, 0.05) is 37.9 Å². The van der Waals surface area contributed by atoms with Crippen molar-refractivity contribution in [3.05, 3.63) is 41.0 Å². The second-order valence-electron chi connectivity index (χ2n) is 9.90. The SMILES string of the molecule is COc1cc([C@@H]2c3cc4c(cc3[C@@](O)(C3(O)CCOCC3)[C@H]3COC(=O)[C@H]23)OCO4)cc(OC)c1OC. The summed E-state index contributed by atoms with van der Waals surface area (Å²) in [6, 6.07) is 7.13. The molecule has 198 valence electrons. The molecule has 2 aromatic rings. The molecule has 0 saturated carbocycles. The van der Waals surface area contributed by atoms with Crippen LogP contribution in [0, 0.1) is 11.8 Å². The first kappa shape index (κ1) is 24.1. The van der Waals surface area contributed by atoms with Crippen LogP contribution in [0.25, 0.3) is 0 Å². The average Bonchev–Trinajstić information content (AvgIpc) is 3.54. The van der Waals surface area contributed by atoms with Crippen molar-refractivity contribution in [2.45, 2.75) is 30.0 Å². The van der Waals surface area contributed by atoms with Gasteiger partial charge in [-0.25, -0.2) is 0 Å². The number of hydrogen-bond acceptors (Lipinski definition) is 10. The molecule has 0 bridgehead atoms. The summed E-state index contributed by atoms with van der Waals surface area (Å²) in [5.74, 6) is -0.232. The van der Waals surface area contributed by atoms with Crippen LogP contribution in [-0.2, 0) is 19.9 Å². The van der Waals surface area contributed by atoms with Crippen molar-refractivity contribution in [1.82, 2.24) is 0 Å². The Bertz CT molecular complexity index is 1210. The molecule has 0 radical (unpaired) electrons. The van der Waals surface area contributed by atoms with Crippen molar-refractivity contribution in [2.24, 2.45) is 11.8 Å². The Kier molecular flexibility index (Phi) is 5.66. The maximum atomic E-state index is 13.4. The molecule has 1 aliphatic carbocycles. The van der Waals surface area contributed by atoms with Crippen molar-refractivity contribution in [3.8, 4) is 28.7 Å². The summed E-state index contributed by atoms with van der Waals surface area (Å²) in [5.41, 5.74) is -1.49. The molecule has 0 amide bonds. The minimum atomic E-state index is -1.79. The van der Waals surface area contributed by atoms with E-state index in [1.54, 1.807) is 24.3 Å². The summed E-state index contributed by atoms with van der Waals surface area (Å²) in [5, 5.41) is 24.5. The van der Waals surface area contributed by atoms with Gasteiger partial charge < -0.3 is 43.4 Å².